The van der Waals surface area contributed by atoms with Gasteiger partial charge in [-0.3, -0.25) is 5.10 Å². The van der Waals surface area contributed by atoms with Crippen LogP contribution in [0.15, 0.2) is 36.7 Å². The van der Waals surface area contributed by atoms with E-state index in [-0.39, 0.29) is 11.6 Å². The number of hydrogen-bond acceptors (Lipinski definition) is 5. The second kappa shape index (κ2) is 7.95. The fraction of sp³-hybridized carbons (Fsp3) is 0.391. The number of halogens is 3. The van der Waals surface area contributed by atoms with Gasteiger partial charge < -0.3 is 10.3 Å². The molecule has 4 aromatic rings. The number of rotatable bonds is 5. The number of pyridine rings is 1. The first-order valence-corrected chi connectivity index (χ1v) is 10.9. The van der Waals surface area contributed by atoms with Crippen molar-refractivity contribution in [2.24, 2.45) is 18.7 Å². The van der Waals surface area contributed by atoms with Crippen molar-refractivity contribution in [2.45, 2.75) is 44.3 Å². The van der Waals surface area contributed by atoms with Gasteiger partial charge in [0, 0.05) is 30.0 Å². The highest BCUT2D eigenvalue weighted by Gasteiger charge is 2.35. The van der Waals surface area contributed by atoms with Crippen molar-refractivity contribution in [2.75, 3.05) is 0 Å². The van der Waals surface area contributed by atoms with Crippen LogP contribution in [0.3, 0.4) is 0 Å². The van der Waals surface area contributed by atoms with E-state index in [0.29, 0.717) is 22.5 Å². The van der Waals surface area contributed by atoms with Gasteiger partial charge in [0.1, 0.15) is 23.5 Å². The van der Waals surface area contributed by atoms with Gasteiger partial charge in [0.05, 0.1) is 11.2 Å². The monoisotopic (exact) mass is 455 g/mol. The first kappa shape index (κ1) is 21.6. The third-order valence-electron chi connectivity index (χ3n) is 6.47. The molecule has 1 aliphatic rings. The fourth-order valence-electron chi connectivity index (χ4n) is 4.59. The van der Waals surface area contributed by atoms with Gasteiger partial charge in [0.25, 0.3) is 0 Å². The quantitative estimate of drug-likeness (QED) is 0.454. The molecule has 0 radical (unpaired) electrons. The van der Waals surface area contributed by atoms with E-state index >= 15 is 0 Å². The number of alkyl halides is 3. The first-order chi connectivity index (χ1) is 15.7. The van der Waals surface area contributed by atoms with Crippen molar-refractivity contribution in [3.05, 3.63) is 59.4 Å². The van der Waals surface area contributed by atoms with Crippen molar-refractivity contribution in [3.63, 3.8) is 0 Å². The summed E-state index contributed by atoms with van der Waals surface area (Å²) in [6, 6.07) is 8.14. The lowest BCUT2D eigenvalue weighted by molar-refractivity contribution is -0.141. The number of fused-ring (bicyclic) bond motifs is 1. The number of nitrogens with one attached hydrogen (secondary N) is 1. The number of benzene rings is 1. The molecule has 1 fully saturated rings. The second-order valence-electron chi connectivity index (χ2n) is 8.77. The lowest BCUT2D eigenvalue weighted by Crippen LogP contribution is -2.24. The number of aryl methyl sites for hydroxylation is 1. The van der Waals surface area contributed by atoms with Crippen molar-refractivity contribution in [3.8, 4) is 11.3 Å². The topological polar surface area (TPSA) is 98.3 Å². The summed E-state index contributed by atoms with van der Waals surface area (Å²) in [5.74, 6) is 1.39. The Kier molecular flexibility index (Phi) is 5.19. The molecule has 0 bridgehead atoms. The minimum absolute atomic E-state index is 0.0587. The summed E-state index contributed by atoms with van der Waals surface area (Å²) in [4.78, 5) is 3.77. The minimum atomic E-state index is -4.59. The normalized spacial score (nSPS) is 16.7. The highest BCUT2D eigenvalue weighted by atomic mass is 19.4. The van der Waals surface area contributed by atoms with Crippen LogP contribution in [0.1, 0.15) is 60.9 Å². The molecule has 0 saturated heterocycles. The molecule has 3 heterocycles. The van der Waals surface area contributed by atoms with Crippen LogP contribution >= 0.6 is 0 Å². The summed E-state index contributed by atoms with van der Waals surface area (Å²) >= 11 is 0. The third-order valence-corrected chi connectivity index (χ3v) is 6.47. The predicted octanol–water partition coefficient (Wildman–Crippen LogP) is 4.72. The van der Waals surface area contributed by atoms with Gasteiger partial charge in [-0.15, -0.1) is 10.2 Å². The molecule has 1 unspecified atom stereocenters. The Labute approximate surface area is 188 Å². The van der Waals surface area contributed by atoms with Crippen LogP contribution in [-0.4, -0.2) is 29.9 Å². The van der Waals surface area contributed by atoms with Gasteiger partial charge in [-0.2, -0.15) is 18.3 Å². The minimum Gasteiger partial charge on any atom is -0.323 e. The van der Waals surface area contributed by atoms with Crippen molar-refractivity contribution < 1.29 is 13.2 Å². The number of aromatic nitrogens is 6. The van der Waals surface area contributed by atoms with Gasteiger partial charge in [-0.05, 0) is 43.4 Å². The van der Waals surface area contributed by atoms with Gasteiger partial charge in [0.15, 0.2) is 0 Å². The number of hydrogen-bond donors (Lipinski definition) is 2. The maximum Gasteiger partial charge on any atom is 0.433 e. The second-order valence-corrected chi connectivity index (χ2v) is 8.77. The molecule has 0 amide bonds. The Morgan fingerprint density at radius 1 is 1.21 bits per heavy atom. The average molecular weight is 455 g/mol. The lowest BCUT2D eigenvalue weighted by atomic mass is 9.72. The van der Waals surface area contributed by atoms with Crippen molar-refractivity contribution in [1.82, 2.24) is 29.9 Å². The van der Waals surface area contributed by atoms with Crippen molar-refractivity contribution in [1.29, 1.82) is 0 Å². The molecule has 0 aliphatic heterocycles. The van der Waals surface area contributed by atoms with Crippen LogP contribution in [0.4, 0.5) is 13.2 Å². The van der Waals surface area contributed by atoms with Gasteiger partial charge in [-0.25, -0.2) is 4.98 Å². The van der Waals surface area contributed by atoms with Crippen LogP contribution < -0.4 is 5.73 Å². The van der Waals surface area contributed by atoms with E-state index in [2.05, 4.69) is 25.4 Å². The summed E-state index contributed by atoms with van der Waals surface area (Å²) in [5, 5.41) is 16.0. The molecule has 7 nitrogen and oxygen atoms in total. The number of H-pyrrole nitrogens is 1. The first-order valence-electron chi connectivity index (χ1n) is 10.9. The number of nitrogens with zero attached hydrogens (tertiary/aromatic N) is 5. The molecule has 10 heteroatoms. The van der Waals surface area contributed by atoms with E-state index in [1.165, 1.54) is 6.42 Å². The van der Waals surface area contributed by atoms with E-state index in [1.54, 1.807) is 13.3 Å². The fourth-order valence-corrected chi connectivity index (χ4v) is 4.59. The molecule has 172 valence electrons. The number of nitrogens with two attached hydrogens (primary N) is 1. The van der Waals surface area contributed by atoms with Crippen molar-refractivity contribution >= 4 is 10.9 Å². The summed E-state index contributed by atoms with van der Waals surface area (Å²) < 4.78 is 42.6. The maximum atomic E-state index is 13.5. The van der Waals surface area contributed by atoms with Crippen LogP contribution in [0.5, 0.6) is 0 Å². The highest BCUT2D eigenvalue weighted by Crippen LogP contribution is 2.43. The molecule has 5 rings (SSSR count). The van der Waals surface area contributed by atoms with E-state index < -0.39 is 17.9 Å². The van der Waals surface area contributed by atoms with Gasteiger partial charge in [0.2, 0.25) is 0 Å². The molecular formula is C23H24F3N7. The molecule has 33 heavy (non-hydrogen) atoms. The molecular weight excluding hydrogens is 431 g/mol. The molecule has 0 spiro atoms. The molecule has 1 saturated carbocycles. The third kappa shape index (κ3) is 3.78. The Balaban J connectivity index is 1.65. The number of aromatic amines is 1. The Hall–Kier alpha value is -3.27. The van der Waals surface area contributed by atoms with E-state index in [9.17, 15) is 13.2 Å². The van der Waals surface area contributed by atoms with E-state index in [1.807, 2.05) is 35.9 Å². The summed E-state index contributed by atoms with van der Waals surface area (Å²) in [5.41, 5.74) is 7.72. The molecule has 1 aromatic carbocycles. The smallest absolute Gasteiger partial charge is 0.323 e. The van der Waals surface area contributed by atoms with Crippen LogP contribution in [0.2, 0.25) is 0 Å². The van der Waals surface area contributed by atoms with E-state index in [0.717, 1.165) is 35.9 Å². The zero-order valence-corrected chi connectivity index (χ0v) is 18.3. The van der Waals surface area contributed by atoms with E-state index in [4.69, 9.17) is 5.73 Å². The molecule has 3 N–H and O–H groups in total. The Morgan fingerprint density at radius 2 is 2.00 bits per heavy atom. The maximum absolute atomic E-state index is 13.5. The molecule has 3 aromatic heterocycles. The largest absolute Gasteiger partial charge is 0.433 e. The SMILES string of the molecule is CC(N)c1nc(C(F)(F)F)cc2c(-c3cccc([C@H](c4nncn4C)C4CCC4)c3)n[nH]c12. The predicted molar refractivity (Wildman–Crippen MR) is 117 cm³/mol. The Bertz CT molecular complexity index is 1300. The van der Waals surface area contributed by atoms with Gasteiger partial charge in [-0.1, -0.05) is 24.6 Å². The van der Waals surface area contributed by atoms with Gasteiger partial charge >= 0.3 is 6.18 Å². The zero-order valence-electron chi connectivity index (χ0n) is 18.3. The Morgan fingerprint density at radius 3 is 2.61 bits per heavy atom. The average Bonchev–Trinajstić information content (AvgIpc) is 3.35. The molecule has 1 aliphatic carbocycles. The standard InChI is InChI=1S/C23H24F3N7/c1-12(27)19-21-16(10-17(29-19)23(24,25)26)20(30-31-21)15-8-4-7-14(9-15)18(13-5-3-6-13)22-32-28-11-33(22)2/h4,7-13,18H,3,5-6,27H2,1-2H3,(H,30,31)/t12?,18-/m1/s1. The highest BCUT2D eigenvalue weighted by molar-refractivity contribution is 5.94. The summed E-state index contributed by atoms with van der Waals surface area (Å²) in [6.07, 6.45) is 0.481. The summed E-state index contributed by atoms with van der Waals surface area (Å²) in [6.45, 7) is 1.60. The summed E-state index contributed by atoms with van der Waals surface area (Å²) in [7, 11) is 1.92. The van der Waals surface area contributed by atoms with Crippen LogP contribution in [0.25, 0.3) is 22.2 Å². The lowest BCUT2D eigenvalue weighted by Gasteiger charge is -2.33. The van der Waals surface area contributed by atoms with Crippen LogP contribution in [0, 0.1) is 5.92 Å². The molecule has 2 atom stereocenters. The van der Waals surface area contributed by atoms with Crippen LogP contribution in [-0.2, 0) is 13.2 Å². The zero-order chi connectivity index (χ0) is 23.3.